The molecule has 3 aromatic rings. The molecule has 1 aromatic heterocycles. The second-order valence-electron chi connectivity index (χ2n) is 5.29. The van der Waals surface area contributed by atoms with Gasteiger partial charge in [0.25, 0.3) is 5.91 Å². The van der Waals surface area contributed by atoms with Crippen molar-refractivity contribution in [1.29, 1.82) is 0 Å². The van der Waals surface area contributed by atoms with Crippen LogP contribution in [0.4, 0.5) is 5.13 Å². The first-order valence-electron chi connectivity index (χ1n) is 7.13. The van der Waals surface area contributed by atoms with Crippen molar-refractivity contribution in [2.45, 2.75) is 13.8 Å². The summed E-state index contributed by atoms with van der Waals surface area (Å²) in [6, 6.07) is 13.6. The summed E-state index contributed by atoms with van der Waals surface area (Å²) in [6.07, 6.45) is 0. The van der Waals surface area contributed by atoms with E-state index in [0.717, 1.165) is 15.7 Å². The molecular weight excluding hydrogens is 372 g/mol. The normalized spacial score (nSPS) is 10.6. The maximum Gasteiger partial charge on any atom is 0.258 e. The molecule has 0 aliphatic carbocycles. The predicted molar refractivity (Wildman–Crippen MR) is 99.1 cm³/mol. The maximum absolute atomic E-state index is 12.3. The van der Waals surface area contributed by atoms with E-state index in [1.54, 1.807) is 6.07 Å². The van der Waals surface area contributed by atoms with Crippen molar-refractivity contribution in [2.24, 2.45) is 0 Å². The second-order valence-corrected chi connectivity index (χ2v) is 7.00. The van der Waals surface area contributed by atoms with Crippen molar-refractivity contribution in [3.63, 3.8) is 0 Å². The Morgan fingerprint density at radius 3 is 2.74 bits per heavy atom. The Labute approximate surface area is 147 Å². The molecule has 1 heterocycles. The third kappa shape index (κ3) is 3.51. The van der Waals surface area contributed by atoms with Crippen LogP contribution >= 0.6 is 27.3 Å². The maximum atomic E-state index is 12.3. The molecule has 3 nitrogen and oxygen atoms in total. The van der Waals surface area contributed by atoms with Crippen molar-refractivity contribution in [2.75, 3.05) is 5.32 Å². The van der Waals surface area contributed by atoms with Gasteiger partial charge in [-0.3, -0.25) is 10.1 Å². The molecule has 0 saturated heterocycles. The van der Waals surface area contributed by atoms with Crippen LogP contribution in [0, 0.1) is 13.8 Å². The van der Waals surface area contributed by atoms with E-state index in [1.165, 1.54) is 22.5 Å². The minimum atomic E-state index is -0.167. The number of halogens is 1. The molecule has 3 rings (SSSR count). The number of rotatable bonds is 3. The lowest BCUT2D eigenvalue weighted by atomic mass is 10.0. The standard InChI is InChI=1S/C18H15BrN2OS/c1-11-7-8-12(2)14(9-11)16-10-23-18(20-16)21-17(22)13-5-3-4-6-15(13)19/h3-10H,1-2H3,(H,20,21,22). The molecular formula is C18H15BrN2OS. The van der Waals surface area contributed by atoms with Gasteiger partial charge < -0.3 is 0 Å². The SMILES string of the molecule is Cc1ccc(C)c(-c2csc(NC(=O)c3ccccc3Br)n2)c1. The lowest BCUT2D eigenvalue weighted by molar-refractivity contribution is 0.102. The smallest absolute Gasteiger partial charge is 0.258 e. The molecule has 0 radical (unpaired) electrons. The summed E-state index contributed by atoms with van der Waals surface area (Å²) in [5.74, 6) is -0.167. The van der Waals surface area contributed by atoms with Crippen LogP contribution in [-0.2, 0) is 0 Å². The molecule has 1 amide bonds. The predicted octanol–water partition coefficient (Wildman–Crippen LogP) is 5.44. The molecule has 0 spiro atoms. The molecule has 116 valence electrons. The van der Waals surface area contributed by atoms with Crippen LogP contribution < -0.4 is 5.32 Å². The summed E-state index contributed by atoms with van der Waals surface area (Å²) in [5, 5.41) is 5.43. The number of carbonyl (C=O) groups is 1. The van der Waals surface area contributed by atoms with Gasteiger partial charge in [-0.05, 0) is 53.5 Å². The van der Waals surface area contributed by atoms with Crippen molar-refractivity contribution in [3.8, 4) is 11.3 Å². The summed E-state index contributed by atoms with van der Waals surface area (Å²) < 4.78 is 0.767. The van der Waals surface area contributed by atoms with Crippen LogP contribution in [0.5, 0.6) is 0 Å². The van der Waals surface area contributed by atoms with Crippen molar-refractivity contribution in [3.05, 3.63) is 69.0 Å². The van der Waals surface area contributed by atoms with Crippen LogP contribution in [-0.4, -0.2) is 10.9 Å². The van der Waals surface area contributed by atoms with Crippen molar-refractivity contribution in [1.82, 2.24) is 4.98 Å². The number of nitrogens with one attached hydrogen (secondary N) is 1. The molecule has 5 heteroatoms. The number of nitrogens with zero attached hydrogens (tertiary/aromatic N) is 1. The van der Waals surface area contributed by atoms with Crippen LogP contribution in [0.15, 0.2) is 52.3 Å². The molecule has 0 unspecified atom stereocenters. The minimum absolute atomic E-state index is 0.167. The van der Waals surface area contributed by atoms with Crippen molar-refractivity contribution < 1.29 is 4.79 Å². The zero-order valence-corrected chi connectivity index (χ0v) is 15.2. The molecule has 0 aliphatic heterocycles. The Morgan fingerprint density at radius 2 is 1.96 bits per heavy atom. The van der Waals surface area contributed by atoms with Gasteiger partial charge in [-0.1, -0.05) is 29.8 Å². The summed E-state index contributed by atoms with van der Waals surface area (Å²) in [7, 11) is 0. The van der Waals surface area contributed by atoms with E-state index < -0.39 is 0 Å². The fourth-order valence-corrected chi connectivity index (χ4v) is 3.45. The molecule has 23 heavy (non-hydrogen) atoms. The largest absolute Gasteiger partial charge is 0.298 e. The average Bonchev–Trinajstić information content (AvgIpc) is 2.98. The highest BCUT2D eigenvalue weighted by atomic mass is 79.9. The van der Waals surface area contributed by atoms with Gasteiger partial charge in [0, 0.05) is 15.4 Å². The highest BCUT2D eigenvalue weighted by Gasteiger charge is 2.13. The van der Waals surface area contributed by atoms with E-state index >= 15 is 0 Å². The quantitative estimate of drug-likeness (QED) is 0.650. The number of amides is 1. The van der Waals surface area contributed by atoms with Gasteiger partial charge in [0.05, 0.1) is 11.3 Å². The highest BCUT2D eigenvalue weighted by Crippen LogP contribution is 2.28. The Bertz CT molecular complexity index is 873. The first-order chi connectivity index (χ1) is 11.0. The fourth-order valence-electron chi connectivity index (χ4n) is 2.28. The topological polar surface area (TPSA) is 42.0 Å². The van der Waals surface area contributed by atoms with Gasteiger partial charge in [-0.2, -0.15) is 0 Å². The van der Waals surface area contributed by atoms with E-state index in [9.17, 15) is 4.79 Å². The van der Waals surface area contributed by atoms with E-state index in [2.05, 4.69) is 58.3 Å². The van der Waals surface area contributed by atoms with Crippen LogP contribution in [0.25, 0.3) is 11.3 Å². The second kappa shape index (κ2) is 6.64. The highest BCUT2D eigenvalue weighted by molar-refractivity contribution is 9.10. The number of benzene rings is 2. The molecule has 0 saturated carbocycles. The lowest BCUT2D eigenvalue weighted by Gasteiger charge is -2.05. The monoisotopic (exact) mass is 386 g/mol. The fraction of sp³-hybridized carbons (Fsp3) is 0.111. The number of hydrogen-bond acceptors (Lipinski definition) is 3. The summed E-state index contributed by atoms with van der Waals surface area (Å²) in [6.45, 7) is 4.12. The zero-order valence-electron chi connectivity index (χ0n) is 12.8. The lowest BCUT2D eigenvalue weighted by Crippen LogP contribution is -2.12. The number of aromatic nitrogens is 1. The first kappa shape index (κ1) is 15.9. The molecule has 0 aliphatic rings. The molecule has 1 N–H and O–H groups in total. The molecule has 0 atom stereocenters. The van der Waals surface area contributed by atoms with Gasteiger partial charge in [-0.25, -0.2) is 4.98 Å². The van der Waals surface area contributed by atoms with Gasteiger partial charge in [0.2, 0.25) is 0 Å². The van der Waals surface area contributed by atoms with Crippen LogP contribution in [0.3, 0.4) is 0 Å². The first-order valence-corrected chi connectivity index (χ1v) is 8.81. The zero-order chi connectivity index (χ0) is 16.4. The summed E-state index contributed by atoms with van der Waals surface area (Å²) in [5.41, 5.74) is 4.94. The van der Waals surface area contributed by atoms with Gasteiger partial charge in [0.15, 0.2) is 5.13 Å². The van der Waals surface area contributed by atoms with E-state index in [4.69, 9.17) is 0 Å². The Hall–Kier alpha value is -1.98. The van der Waals surface area contributed by atoms with Crippen LogP contribution in [0.2, 0.25) is 0 Å². The van der Waals surface area contributed by atoms with Gasteiger partial charge in [-0.15, -0.1) is 11.3 Å². The Balaban J connectivity index is 1.84. The molecule has 0 bridgehead atoms. The molecule has 0 fully saturated rings. The van der Waals surface area contributed by atoms with Crippen molar-refractivity contribution >= 4 is 38.3 Å². The summed E-state index contributed by atoms with van der Waals surface area (Å²) in [4.78, 5) is 16.9. The number of hydrogen-bond donors (Lipinski definition) is 1. The minimum Gasteiger partial charge on any atom is -0.298 e. The van der Waals surface area contributed by atoms with E-state index in [-0.39, 0.29) is 5.91 Å². The van der Waals surface area contributed by atoms with Gasteiger partial charge >= 0.3 is 0 Å². The molecule has 2 aromatic carbocycles. The third-order valence-electron chi connectivity index (χ3n) is 3.51. The number of anilines is 1. The van der Waals surface area contributed by atoms with E-state index in [1.807, 2.05) is 23.6 Å². The Morgan fingerprint density at radius 1 is 1.17 bits per heavy atom. The van der Waals surface area contributed by atoms with Gasteiger partial charge in [0.1, 0.15) is 0 Å². The number of aryl methyl sites for hydroxylation is 2. The van der Waals surface area contributed by atoms with E-state index in [0.29, 0.717) is 10.7 Å². The Kier molecular flexibility index (Phi) is 4.59. The van der Waals surface area contributed by atoms with Crippen LogP contribution in [0.1, 0.15) is 21.5 Å². The summed E-state index contributed by atoms with van der Waals surface area (Å²) >= 11 is 4.82. The number of carbonyl (C=O) groups excluding carboxylic acids is 1. The number of thiazole rings is 1. The third-order valence-corrected chi connectivity index (χ3v) is 4.96. The average molecular weight is 387 g/mol.